The molecule has 1 aliphatic heterocycles. The largest absolute Gasteiger partial charge is 0.357 e. The van der Waals surface area contributed by atoms with E-state index in [0.717, 1.165) is 11.4 Å². The van der Waals surface area contributed by atoms with E-state index >= 15 is 0 Å². The maximum Gasteiger partial charge on any atom is 0.164 e. The van der Waals surface area contributed by atoms with E-state index in [2.05, 4.69) is 22.0 Å². The van der Waals surface area contributed by atoms with Gasteiger partial charge in [-0.1, -0.05) is 12.1 Å². The summed E-state index contributed by atoms with van der Waals surface area (Å²) in [7, 11) is 2.03. The van der Waals surface area contributed by atoms with Gasteiger partial charge in [0.2, 0.25) is 0 Å². The van der Waals surface area contributed by atoms with Gasteiger partial charge in [-0.25, -0.2) is 4.98 Å². The summed E-state index contributed by atoms with van der Waals surface area (Å²) in [6, 6.07) is 6.17. The van der Waals surface area contributed by atoms with E-state index < -0.39 is 0 Å². The Kier molecular flexibility index (Phi) is 1.57. The summed E-state index contributed by atoms with van der Waals surface area (Å²) in [5.41, 5.74) is 1.11. The number of rotatable bonds is 1. The molecule has 0 spiro atoms. The molecule has 0 aromatic carbocycles. The van der Waals surface area contributed by atoms with Crippen molar-refractivity contribution in [2.75, 3.05) is 18.0 Å². The first-order valence-electron chi connectivity index (χ1n) is 4.05. The zero-order chi connectivity index (χ0) is 7.68. The molecule has 0 unspecified atom stereocenters. The maximum atomic E-state index is 4.42. The van der Waals surface area contributed by atoms with Gasteiger partial charge in [-0.2, -0.15) is 0 Å². The van der Waals surface area contributed by atoms with E-state index in [1.54, 1.807) is 0 Å². The third kappa shape index (κ3) is 1.23. The molecule has 1 aliphatic rings. The van der Waals surface area contributed by atoms with Gasteiger partial charge in [0.15, 0.2) is 7.85 Å². The van der Waals surface area contributed by atoms with Gasteiger partial charge in [0.25, 0.3) is 0 Å². The van der Waals surface area contributed by atoms with Crippen LogP contribution in [0.15, 0.2) is 18.2 Å². The highest BCUT2D eigenvalue weighted by Gasteiger charge is 2.14. The van der Waals surface area contributed by atoms with Crippen molar-refractivity contribution in [2.24, 2.45) is 0 Å². The Morgan fingerprint density at radius 2 is 2.18 bits per heavy atom. The summed E-state index contributed by atoms with van der Waals surface area (Å²) in [4.78, 5) is 6.72. The van der Waals surface area contributed by atoms with Crippen LogP contribution in [-0.4, -0.2) is 25.9 Å². The second-order valence-corrected chi connectivity index (χ2v) is 2.98. The lowest BCUT2D eigenvalue weighted by Crippen LogP contribution is -2.38. The van der Waals surface area contributed by atoms with E-state index in [4.69, 9.17) is 0 Å². The Bertz CT molecular complexity index is 258. The Hall–Kier alpha value is -0.985. The van der Waals surface area contributed by atoms with Crippen molar-refractivity contribution in [1.82, 2.24) is 4.98 Å². The minimum absolute atomic E-state index is 1.11. The van der Waals surface area contributed by atoms with Crippen LogP contribution in [0.2, 0.25) is 0 Å². The standard InChI is InChI=1S/C8H11BN2/c9-7-3-1-4-8(10-7)11-5-2-6-11/h1,3-4H,2,5-6,9H2. The van der Waals surface area contributed by atoms with Gasteiger partial charge >= 0.3 is 0 Å². The lowest BCUT2D eigenvalue weighted by Gasteiger charge is -2.32. The van der Waals surface area contributed by atoms with Gasteiger partial charge in [0.1, 0.15) is 5.82 Å². The molecule has 0 aliphatic carbocycles. The van der Waals surface area contributed by atoms with E-state index in [-0.39, 0.29) is 0 Å². The van der Waals surface area contributed by atoms with Crippen molar-refractivity contribution in [1.29, 1.82) is 0 Å². The molecule has 2 nitrogen and oxygen atoms in total. The molecule has 11 heavy (non-hydrogen) atoms. The Labute approximate surface area is 67.7 Å². The molecule has 0 amide bonds. The zero-order valence-electron chi connectivity index (χ0n) is 6.75. The van der Waals surface area contributed by atoms with Gasteiger partial charge in [0.05, 0.1) is 0 Å². The smallest absolute Gasteiger partial charge is 0.164 e. The fourth-order valence-electron chi connectivity index (χ4n) is 1.25. The Morgan fingerprint density at radius 3 is 2.73 bits per heavy atom. The average molecular weight is 146 g/mol. The molecule has 2 rings (SSSR count). The first kappa shape index (κ1) is 6.71. The summed E-state index contributed by atoms with van der Waals surface area (Å²) in [5, 5.41) is 0. The minimum Gasteiger partial charge on any atom is -0.357 e. The van der Waals surface area contributed by atoms with Crippen LogP contribution in [0.1, 0.15) is 6.42 Å². The van der Waals surface area contributed by atoms with Crippen molar-refractivity contribution >= 4 is 19.3 Å². The van der Waals surface area contributed by atoms with E-state index in [1.165, 1.54) is 19.5 Å². The number of hydrogen-bond acceptors (Lipinski definition) is 2. The molecule has 1 aromatic rings. The van der Waals surface area contributed by atoms with Gasteiger partial charge in [-0.05, 0) is 18.1 Å². The second kappa shape index (κ2) is 2.57. The van der Waals surface area contributed by atoms with Crippen LogP contribution in [0.4, 0.5) is 5.82 Å². The third-order valence-corrected chi connectivity index (χ3v) is 2.05. The van der Waals surface area contributed by atoms with Crippen molar-refractivity contribution in [3.05, 3.63) is 18.2 Å². The molecule has 2 heterocycles. The number of anilines is 1. The first-order chi connectivity index (χ1) is 5.36. The quantitative estimate of drug-likeness (QED) is 0.499. The van der Waals surface area contributed by atoms with Crippen LogP contribution in [0.25, 0.3) is 0 Å². The van der Waals surface area contributed by atoms with Crippen molar-refractivity contribution in [2.45, 2.75) is 6.42 Å². The fraction of sp³-hybridized carbons (Fsp3) is 0.375. The summed E-state index contributed by atoms with van der Waals surface area (Å²) in [6.45, 7) is 2.35. The number of pyridine rings is 1. The summed E-state index contributed by atoms with van der Waals surface area (Å²) in [5.74, 6) is 1.14. The highest BCUT2D eigenvalue weighted by molar-refractivity contribution is 6.30. The Balaban J connectivity index is 2.23. The van der Waals surface area contributed by atoms with Gasteiger partial charge in [-0.15, -0.1) is 0 Å². The molecule has 0 radical (unpaired) electrons. The van der Waals surface area contributed by atoms with Crippen molar-refractivity contribution < 1.29 is 0 Å². The summed E-state index contributed by atoms with van der Waals surface area (Å²) in [6.07, 6.45) is 1.32. The number of aromatic nitrogens is 1. The van der Waals surface area contributed by atoms with Crippen LogP contribution in [-0.2, 0) is 0 Å². The molecular weight excluding hydrogens is 135 g/mol. The second-order valence-electron chi connectivity index (χ2n) is 2.98. The van der Waals surface area contributed by atoms with Crippen LogP contribution in [0.3, 0.4) is 0 Å². The highest BCUT2D eigenvalue weighted by Crippen LogP contribution is 2.15. The van der Waals surface area contributed by atoms with E-state index in [9.17, 15) is 0 Å². The Morgan fingerprint density at radius 1 is 1.36 bits per heavy atom. The molecule has 1 aromatic heterocycles. The molecular formula is C8H11BN2. The monoisotopic (exact) mass is 146 g/mol. The normalized spacial score (nSPS) is 16.2. The fourth-order valence-corrected chi connectivity index (χ4v) is 1.25. The average Bonchev–Trinajstić information content (AvgIpc) is 1.83. The highest BCUT2D eigenvalue weighted by atomic mass is 15.2. The first-order valence-corrected chi connectivity index (χ1v) is 4.05. The van der Waals surface area contributed by atoms with Crippen molar-refractivity contribution in [3.8, 4) is 0 Å². The molecule has 0 N–H and O–H groups in total. The number of nitrogens with zero attached hydrogens (tertiary/aromatic N) is 2. The number of hydrogen-bond donors (Lipinski definition) is 0. The summed E-state index contributed by atoms with van der Waals surface area (Å²) < 4.78 is 0. The molecule has 0 atom stereocenters. The molecule has 3 heteroatoms. The van der Waals surface area contributed by atoms with Crippen LogP contribution in [0.5, 0.6) is 0 Å². The van der Waals surface area contributed by atoms with Crippen LogP contribution >= 0.6 is 0 Å². The van der Waals surface area contributed by atoms with Crippen molar-refractivity contribution in [3.63, 3.8) is 0 Å². The zero-order valence-corrected chi connectivity index (χ0v) is 6.75. The van der Waals surface area contributed by atoms with Gasteiger partial charge < -0.3 is 4.90 Å². The van der Waals surface area contributed by atoms with E-state index in [1.807, 2.05) is 13.9 Å². The van der Waals surface area contributed by atoms with Gasteiger partial charge in [-0.3, -0.25) is 0 Å². The topological polar surface area (TPSA) is 16.1 Å². The molecule has 1 fully saturated rings. The van der Waals surface area contributed by atoms with Crippen LogP contribution in [0, 0.1) is 0 Å². The minimum atomic E-state index is 1.11. The molecule has 0 bridgehead atoms. The molecule has 1 saturated heterocycles. The molecule has 0 saturated carbocycles. The lowest BCUT2D eigenvalue weighted by atomic mass is 10.0. The van der Waals surface area contributed by atoms with E-state index in [0.29, 0.717) is 0 Å². The van der Waals surface area contributed by atoms with Gasteiger partial charge in [0, 0.05) is 13.1 Å². The predicted molar refractivity (Wildman–Crippen MR) is 49.2 cm³/mol. The molecule has 56 valence electrons. The summed E-state index contributed by atoms with van der Waals surface area (Å²) >= 11 is 0. The predicted octanol–water partition coefficient (Wildman–Crippen LogP) is -0.450. The SMILES string of the molecule is Bc1cccc(N2CCC2)n1. The third-order valence-electron chi connectivity index (χ3n) is 2.05. The van der Waals surface area contributed by atoms with Crippen LogP contribution < -0.4 is 10.5 Å². The maximum absolute atomic E-state index is 4.42. The lowest BCUT2D eigenvalue weighted by molar-refractivity contribution is 0.610.